The molecule has 1 N–H and O–H groups in total. The molecule has 0 radical (unpaired) electrons. The van der Waals surface area contributed by atoms with Crippen molar-refractivity contribution in [2.45, 2.75) is 25.9 Å². The zero-order valence-corrected chi connectivity index (χ0v) is 16.1. The van der Waals surface area contributed by atoms with Crippen LogP contribution in [0.3, 0.4) is 0 Å². The van der Waals surface area contributed by atoms with Crippen LogP contribution in [0.1, 0.15) is 28.4 Å². The number of carbonyl (C=O) groups is 2. The minimum atomic E-state index is -0.175. The lowest BCUT2D eigenvalue weighted by molar-refractivity contribution is -0.113. The highest BCUT2D eigenvalue weighted by Crippen LogP contribution is 2.22. The zero-order valence-electron chi connectivity index (χ0n) is 15.3. The van der Waals surface area contributed by atoms with Gasteiger partial charge >= 0.3 is 0 Å². The van der Waals surface area contributed by atoms with E-state index in [1.54, 1.807) is 28.9 Å². The fourth-order valence-corrected chi connectivity index (χ4v) is 3.18. The number of amides is 1. The van der Waals surface area contributed by atoms with E-state index in [1.165, 1.54) is 18.7 Å². The van der Waals surface area contributed by atoms with Crippen LogP contribution in [0.4, 0.5) is 5.69 Å². The molecule has 0 bridgehead atoms. The van der Waals surface area contributed by atoms with Crippen LogP contribution in [0.25, 0.3) is 5.69 Å². The van der Waals surface area contributed by atoms with Crippen molar-refractivity contribution in [2.75, 3.05) is 11.1 Å². The van der Waals surface area contributed by atoms with Gasteiger partial charge < -0.3 is 5.32 Å². The van der Waals surface area contributed by atoms with Gasteiger partial charge in [0.1, 0.15) is 0 Å². The predicted molar refractivity (Wildman–Crippen MR) is 104 cm³/mol. The first kappa shape index (κ1) is 18.8. The molecule has 3 rings (SSSR count). The Morgan fingerprint density at radius 2 is 1.85 bits per heavy atom. The van der Waals surface area contributed by atoms with Gasteiger partial charge in [0.05, 0.1) is 11.4 Å². The molecule has 0 saturated heterocycles. The predicted octanol–water partition coefficient (Wildman–Crippen LogP) is 3.21. The molecule has 0 unspecified atom stereocenters. The van der Waals surface area contributed by atoms with Gasteiger partial charge in [-0.05, 0) is 72.7 Å². The van der Waals surface area contributed by atoms with Gasteiger partial charge in [-0.3, -0.25) is 9.59 Å². The number of aryl methyl sites for hydroxylation is 1. The van der Waals surface area contributed by atoms with E-state index in [1.807, 2.05) is 32.0 Å². The average molecular weight is 381 g/mol. The summed E-state index contributed by atoms with van der Waals surface area (Å²) in [7, 11) is 0. The lowest BCUT2D eigenvalue weighted by Gasteiger charge is -2.09. The van der Waals surface area contributed by atoms with E-state index in [0.29, 0.717) is 16.4 Å². The van der Waals surface area contributed by atoms with Crippen molar-refractivity contribution >= 4 is 29.1 Å². The molecule has 1 amide bonds. The summed E-state index contributed by atoms with van der Waals surface area (Å²) in [5, 5.41) is 15.2. The van der Waals surface area contributed by atoms with E-state index >= 15 is 0 Å². The van der Waals surface area contributed by atoms with Crippen molar-refractivity contribution in [3.05, 3.63) is 59.2 Å². The van der Waals surface area contributed by atoms with E-state index in [2.05, 4.69) is 20.8 Å². The van der Waals surface area contributed by atoms with Crippen LogP contribution in [0.2, 0.25) is 0 Å². The van der Waals surface area contributed by atoms with E-state index in [0.717, 1.165) is 16.8 Å². The Kier molecular flexibility index (Phi) is 5.66. The Morgan fingerprint density at radius 1 is 1.11 bits per heavy atom. The number of carbonyl (C=O) groups excluding carboxylic acids is 2. The van der Waals surface area contributed by atoms with Crippen LogP contribution in [0, 0.1) is 13.8 Å². The van der Waals surface area contributed by atoms with Gasteiger partial charge in [0.15, 0.2) is 5.78 Å². The first-order valence-corrected chi connectivity index (χ1v) is 9.33. The fraction of sp³-hybridized carbons (Fsp3) is 0.211. The van der Waals surface area contributed by atoms with Gasteiger partial charge in [0.2, 0.25) is 11.1 Å². The van der Waals surface area contributed by atoms with Crippen molar-refractivity contribution in [1.82, 2.24) is 20.2 Å². The van der Waals surface area contributed by atoms with Crippen molar-refractivity contribution in [1.29, 1.82) is 0 Å². The summed E-state index contributed by atoms with van der Waals surface area (Å²) in [5.74, 6) is -0.0209. The van der Waals surface area contributed by atoms with Crippen LogP contribution in [-0.2, 0) is 4.79 Å². The van der Waals surface area contributed by atoms with Crippen LogP contribution < -0.4 is 5.32 Å². The normalized spacial score (nSPS) is 10.6. The molecule has 1 heterocycles. The Hall–Kier alpha value is -3.00. The van der Waals surface area contributed by atoms with E-state index in [4.69, 9.17) is 0 Å². The molecule has 27 heavy (non-hydrogen) atoms. The first-order valence-electron chi connectivity index (χ1n) is 8.34. The molecule has 0 atom stereocenters. The Bertz CT molecular complexity index is 982. The maximum absolute atomic E-state index is 12.2. The minimum Gasteiger partial charge on any atom is -0.325 e. The highest BCUT2D eigenvalue weighted by Gasteiger charge is 2.14. The number of ketones is 1. The highest BCUT2D eigenvalue weighted by molar-refractivity contribution is 7.99. The smallest absolute Gasteiger partial charge is 0.234 e. The number of tetrazole rings is 1. The van der Waals surface area contributed by atoms with Crippen LogP contribution in [0.15, 0.2) is 47.6 Å². The van der Waals surface area contributed by atoms with Crippen LogP contribution in [-0.4, -0.2) is 37.7 Å². The molecule has 0 aliphatic heterocycles. The zero-order chi connectivity index (χ0) is 19.4. The lowest BCUT2D eigenvalue weighted by atomic mass is 10.1. The third-order valence-electron chi connectivity index (χ3n) is 4.15. The Morgan fingerprint density at radius 3 is 2.56 bits per heavy atom. The minimum absolute atomic E-state index is 0.0123. The molecule has 8 heteroatoms. The number of Topliss-reactive ketones (excluding diaryl/α,β-unsaturated/α-hetero) is 1. The van der Waals surface area contributed by atoms with Gasteiger partial charge in [-0.15, -0.1) is 5.10 Å². The number of benzene rings is 2. The number of rotatable bonds is 6. The number of anilines is 1. The van der Waals surface area contributed by atoms with Gasteiger partial charge in [-0.25, -0.2) is 0 Å². The standard InChI is InChI=1S/C19H19N5O2S/c1-12-5-4-6-17(13(12)2)24-19(21-22-23-24)27-11-18(26)20-16-9-7-15(8-10-16)14(3)25/h4-10H,11H2,1-3H3,(H,20,26). The van der Waals surface area contributed by atoms with Gasteiger partial charge in [0, 0.05) is 11.3 Å². The first-order chi connectivity index (χ1) is 13.0. The number of thioether (sulfide) groups is 1. The van der Waals surface area contributed by atoms with Crippen molar-refractivity contribution < 1.29 is 9.59 Å². The summed E-state index contributed by atoms with van der Waals surface area (Å²) < 4.78 is 1.64. The second-order valence-corrected chi connectivity index (χ2v) is 7.01. The van der Waals surface area contributed by atoms with Gasteiger partial charge in [-0.2, -0.15) is 4.68 Å². The molecule has 0 fully saturated rings. The second-order valence-electron chi connectivity index (χ2n) is 6.06. The largest absolute Gasteiger partial charge is 0.325 e. The summed E-state index contributed by atoms with van der Waals surface area (Å²) in [5.41, 5.74) is 4.37. The summed E-state index contributed by atoms with van der Waals surface area (Å²) in [4.78, 5) is 23.5. The molecule has 0 aliphatic rings. The number of aromatic nitrogens is 4. The quantitative estimate of drug-likeness (QED) is 0.521. The second kappa shape index (κ2) is 8.13. The molecular weight excluding hydrogens is 362 g/mol. The fourth-order valence-electron chi connectivity index (χ4n) is 2.50. The summed E-state index contributed by atoms with van der Waals surface area (Å²) in [6.45, 7) is 5.55. The lowest BCUT2D eigenvalue weighted by Crippen LogP contribution is -2.14. The summed E-state index contributed by atoms with van der Waals surface area (Å²) >= 11 is 1.26. The average Bonchev–Trinajstić information content (AvgIpc) is 3.11. The molecule has 1 aromatic heterocycles. The van der Waals surface area contributed by atoms with Crippen LogP contribution in [0.5, 0.6) is 0 Å². The molecule has 0 spiro atoms. The van der Waals surface area contributed by atoms with Crippen LogP contribution >= 0.6 is 11.8 Å². The molecular formula is C19H19N5O2S. The Balaban J connectivity index is 1.65. The van der Waals surface area contributed by atoms with Crippen molar-refractivity contribution in [3.8, 4) is 5.69 Å². The SMILES string of the molecule is CC(=O)c1ccc(NC(=O)CSc2nnnn2-c2cccc(C)c2C)cc1. The number of hydrogen-bond donors (Lipinski definition) is 1. The molecule has 0 aliphatic carbocycles. The monoisotopic (exact) mass is 381 g/mol. The van der Waals surface area contributed by atoms with E-state index in [-0.39, 0.29) is 17.4 Å². The molecule has 0 saturated carbocycles. The topological polar surface area (TPSA) is 89.8 Å². The van der Waals surface area contributed by atoms with Gasteiger partial charge in [-0.1, -0.05) is 23.9 Å². The molecule has 3 aromatic rings. The maximum Gasteiger partial charge on any atom is 0.234 e. The third-order valence-corrected chi connectivity index (χ3v) is 5.07. The number of hydrogen-bond acceptors (Lipinski definition) is 6. The van der Waals surface area contributed by atoms with E-state index in [9.17, 15) is 9.59 Å². The summed E-state index contributed by atoms with van der Waals surface area (Å²) in [6.07, 6.45) is 0. The number of nitrogens with zero attached hydrogens (tertiary/aromatic N) is 4. The summed E-state index contributed by atoms with van der Waals surface area (Å²) in [6, 6.07) is 12.7. The Labute approximate surface area is 161 Å². The highest BCUT2D eigenvalue weighted by atomic mass is 32.2. The molecule has 2 aromatic carbocycles. The van der Waals surface area contributed by atoms with E-state index < -0.39 is 0 Å². The molecule has 7 nitrogen and oxygen atoms in total. The van der Waals surface area contributed by atoms with Crippen molar-refractivity contribution in [3.63, 3.8) is 0 Å². The third kappa shape index (κ3) is 4.40. The molecule has 138 valence electrons. The van der Waals surface area contributed by atoms with Gasteiger partial charge in [0.25, 0.3) is 0 Å². The van der Waals surface area contributed by atoms with Crippen molar-refractivity contribution in [2.24, 2.45) is 0 Å². The number of nitrogens with one attached hydrogen (secondary N) is 1. The maximum atomic E-state index is 12.2.